The Bertz CT molecular complexity index is 749. The molecule has 1 atom stereocenters. The Labute approximate surface area is 163 Å². The fourth-order valence-electron chi connectivity index (χ4n) is 2.64. The van der Waals surface area contributed by atoms with Gasteiger partial charge in [-0.1, -0.05) is 28.8 Å². The van der Waals surface area contributed by atoms with Crippen LogP contribution in [0, 0.1) is 22.7 Å². The van der Waals surface area contributed by atoms with Crippen molar-refractivity contribution in [2.75, 3.05) is 33.4 Å². The van der Waals surface area contributed by atoms with Crippen LogP contribution in [0.3, 0.4) is 0 Å². The van der Waals surface area contributed by atoms with Gasteiger partial charge in [-0.25, -0.2) is 0 Å². The summed E-state index contributed by atoms with van der Waals surface area (Å²) in [7, 11) is 2.20. The molecule has 3 rings (SSSR count). The van der Waals surface area contributed by atoms with Gasteiger partial charge in [-0.2, -0.15) is 10.5 Å². The van der Waals surface area contributed by atoms with Crippen molar-refractivity contribution in [3.8, 4) is 12.1 Å². The number of nitrogens with one attached hydrogen (secondary N) is 2. The highest BCUT2D eigenvalue weighted by Crippen LogP contribution is 2.36. The number of morpholine rings is 1. The zero-order valence-corrected chi connectivity index (χ0v) is 16.0. The fraction of sp³-hybridized carbons (Fsp3) is 0.333. The lowest BCUT2D eigenvalue weighted by Crippen LogP contribution is -3.11. The Morgan fingerprint density at radius 1 is 1.19 bits per heavy atom. The summed E-state index contributed by atoms with van der Waals surface area (Å²) in [5.74, 6) is -0.354. The lowest BCUT2D eigenvalue weighted by Gasteiger charge is -2.30. The van der Waals surface area contributed by atoms with Crippen molar-refractivity contribution in [3.63, 3.8) is 0 Å². The number of rotatable bonds is 1. The summed E-state index contributed by atoms with van der Waals surface area (Å²) in [6.07, 6.45) is 0. The van der Waals surface area contributed by atoms with Gasteiger partial charge in [-0.05, 0) is 17.7 Å². The molecule has 0 spiro atoms. The van der Waals surface area contributed by atoms with Crippen molar-refractivity contribution in [3.05, 3.63) is 56.8 Å². The van der Waals surface area contributed by atoms with Crippen LogP contribution in [0.25, 0.3) is 0 Å². The second kappa shape index (κ2) is 9.42. The van der Waals surface area contributed by atoms with Gasteiger partial charge in [-0.3, -0.25) is 0 Å². The summed E-state index contributed by atoms with van der Waals surface area (Å²) in [4.78, 5) is 1.59. The third-order valence-corrected chi connectivity index (χ3v) is 4.72. The molecule has 0 saturated carbocycles. The first-order valence-corrected chi connectivity index (χ1v) is 8.89. The van der Waals surface area contributed by atoms with Crippen LogP contribution in [0.5, 0.6) is 0 Å². The molecule has 136 valence electrons. The lowest BCUT2D eigenvalue weighted by atomic mass is 9.84. The van der Waals surface area contributed by atoms with E-state index in [0.717, 1.165) is 18.8 Å². The molecule has 8 heteroatoms. The first-order chi connectivity index (χ1) is 12.5. The van der Waals surface area contributed by atoms with E-state index >= 15 is 0 Å². The highest BCUT2D eigenvalue weighted by atomic mass is 35.5. The van der Waals surface area contributed by atoms with Crippen LogP contribution in [0.15, 0.2) is 46.3 Å². The number of hydrogen-bond donors (Lipinski definition) is 3. The molecular formula is C18H20ClN5OS. The summed E-state index contributed by atoms with van der Waals surface area (Å²) >= 11 is 10.9. The first-order valence-electron chi connectivity index (χ1n) is 8.10. The number of nitrogens with zero attached hydrogens (tertiary/aromatic N) is 2. The number of nitrogens with two attached hydrogens (primary N) is 1. The van der Waals surface area contributed by atoms with Crippen LogP contribution >= 0.6 is 11.6 Å². The van der Waals surface area contributed by atoms with Crippen LogP contribution in [0.1, 0.15) is 11.5 Å². The van der Waals surface area contributed by atoms with Crippen molar-refractivity contribution in [2.45, 2.75) is 5.92 Å². The fourth-order valence-corrected chi connectivity index (χ4v) is 3.04. The van der Waals surface area contributed by atoms with Crippen molar-refractivity contribution in [2.24, 2.45) is 5.73 Å². The molecule has 1 aromatic carbocycles. The van der Waals surface area contributed by atoms with Crippen LogP contribution in [0.4, 0.5) is 0 Å². The molecule has 1 unspecified atom stereocenters. The molecule has 2 aliphatic rings. The summed E-state index contributed by atoms with van der Waals surface area (Å²) < 4.78 is 5.12. The number of halogens is 1. The maximum absolute atomic E-state index is 9.23. The Morgan fingerprint density at radius 2 is 1.77 bits per heavy atom. The zero-order chi connectivity index (χ0) is 19.1. The minimum Gasteiger partial charge on any atom is -0.761 e. The van der Waals surface area contributed by atoms with Gasteiger partial charge in [0.1, 0.15) is 18.9 Å². The minimum atomic E-state index is -0.541. The highest BCUT2D eigenvalue weighted by Gasteiger charge is 2.27. The quantitative estimate of drug-likeness (QED) is 0.606. The third kappa shape index (κ3) is 4.87. The average molecular weight is 390 g/mol. The van der Waals surface area contributed by atoms with Gasteiger partial charge in [0, 0.05) is 10.6 Å². The Hall–Kier alpha value is -2.29. The largest absolute Gasteiger partial charge is 0.761 e. The van der Waals surface area contributed by atoms with E-state index in [1.54, 1.807) is 29.2 Å². The van der Waals surface area contributed by atoms with Crippen LogP contribution < -0.4 is 16.0 Å². The van der Waals surface area contributed by atoms with E-state index in [0.29, 0.717) is 10.6 Å². The van der Waals surface area contributed by atoms with Gasteiger partial charge in [0.05, 0.1) is 43.9 Å². The number of dihydropyridines is 1. The maximum Gasteiger partial charge on any atom is 0.114 e. The van der Waals surface area contributed by atoms with Gasteiger partial charge in [0.25, 0.3) is 0 Å². The molecule has 0 aliphatic carbocycles. The number of nitriles is 2. The van der Waals surface area contributed by atoms with Crippen molar-refractivity contribution >= 4 is 24.2 Å². The number of ether oxygens (including phenoxy) is 1. The Kier molecular flexibility index (Phi) is 7.26. The Morgan fingerprint density at radius 3 is 2.23 bits per heavy atom. The molecule has 1 aromatic rings. The first kappa shape index (κ1) is 20.0. The van der Waals surface area contributed by atoms with Crippen LogP contribution in [0.2, 0.25) is 5.02 Å². The molecule has 0 amide bonds. The average Bonchev–Trinajstić information content (AvgIpc) is 2.63. The number of hydrogen-bond acceptors (Lipinski definition) is 6. The van der Waals surface area contributed by atoms with E-state index in [9.17, 15) is 10.5 Å². The minimum absolute atomic E-state index is 0.187. The number of quaternary nitrogens is 1. The van der Waals surface area contributed by atoms with Crippen molar-refractivity contribution in [1.29, 1.82) is 10.5 Å². The second-order valence-electron chi connectivity index (χ2n) is 5.97. The summed E-state index contributed by atoms with van der Waals surface area (Å²) in [5, 5.41) is 22.0. The van der Waals surface area contributed by atoms with Crippen LogP contribution in [-0.4, -0.2) is 33.4 Å². The zero-order valence-electron chi connectivity index (χ0n) is 14.4. The highest BCUT2D eigenvalue weighted by molar-refractivity contribution is 7.63. The predicted octanol–water partition coefficient (Wildman–Crippen LogP) is 0.534. The van der Waals surface area contributed by atoms with Crippen LogP contribution in [-0.2, 0) is 17.4 Å². The van der Waals surface area contributed by atoms with E-state index < -0.39 is 5.92 Å². The molecule has 0 aromatic heterocycles. The SMILES string of the molecule is C[NH+]1CCOCC1.N#CC1=C(N)NC([S-])=C(C#N)C1c1ccc(Cl)cc1. The van der Waals surface area contributed by atoms with E-state index in [2.05, 4.69) is 12.4 Å². The maximum atomic E-state index is 9.23. The number of allylic oxidation sites excluding steroid dienone is 2. The molecule has 2 aliphatic heterocycles. The van der Waals surface area contributed by atoms with Gasteiger partial charge in [0.2, 0.25) is 0 Å². The molecule has 6 nitrogen and oxygen atoms in total. The van der Waals surface area contributed by atoms with Gasteiger partial charge >= 0.3 is 0 Å². The third-order valence-electron chi connectivity index (χ3n) is 4.15. The molecular weight excluding hydrogens is 370 g/mol. The summed E-state index contributed by atoms with van der Waals surface area (Å²) in [6, 6.07) is 11.0. The van der Waals surface area contributed by atoms with E-state index in [-0.39, 0.29) is 16.4 Å². The number of benzene rings is 1. The van der Waals surface area contributed by atoms with Gasteiger partial charge in [0.15, 0.2) is 0 Å². The predicted molar refractivity (Wildman–Crippen MR) is 102 cm³/mol. The van der Waals surface area contributed by atoms with E-state index in [1.807, 2.05) is 12.1 Å². The molecule has 0 radical (unpaired) electrons. The molecule has 4 N–H and O–H groups in total. The number of likely N-dealkylation sites (N-methyl/N-ethyl adjacent to an activating group) is 1. The van der Waals surface area contributed by atoms with Gasteiger partial charge < -0.3 is 33.3 Å². The standard InChI is InChI=1S/C13H9ClN4S.C5H11NO/c14-8-3-1-7(2-4-8)11-9(5-15)12(17)18-13(19)10(11)6-16;1-6-2-4-7-5-3-6/h1-4,11,18-19H,17H2;2-5H2,1H3. The molecule has 2 heterocycles. The monoisotopic (exact) mass is 389 g/mol. The van der Waals surface area contributed by atoms with Crippen molar-refractivity contribution < 1.29 is 9.64 Å². The topological polar surface area (TPSA) is 99.3 Å². The van der Waals surface area contributed by atoms with Gasteiger partial charge in [-0.15, -0.1) is 0 Å². The molecule has 26 heavy (non-hydrogen) atoms. The van der Waals surface area contributed by atoms with Crippen molar-refractivity contribution in [1.82, 2.24) is 5.32 Å². The second-order valence-corrected chi connectivity index (χ2v) is 6.82. The Balaban J connectivity index is 0.000000290. The van der Waals surface area contributed by atoms with E-state index in [1.165, 1.54) is 13.1 Å². The smallest absolute Gasteiger partial charge is 0.114 e. The molecule has 1 saturated heterocycles. The molecule has 0 bridgehead atoms. The molecule has 1 fully saturated rings. The summed E-state index contributed by atoms with van der Waals surface area (Å²) in [6.45, 7) is 4.26. The lowest BCUT2D eigenvalue weighted by molar-refractivity contribution is -0.888. The normalized spacial score (nSPS) is 20.4. The van der Waals surface area contributed by atoms with E-state index in [4.69, 9.17) is 34.7 Å². The summed E-state index contributed by atoms with van der Waals surface area (Å²) in [5.41, 5.74) is 7.11.